The van der Waals surface area contributed by atoms with Crippen LogP contribution in [0, 0.1) is 6.92 Å². The van der Waals surface area contributed by atoms with Gasteiger partial charge in [-0.05, 0) is 90.3 Å². The number of rotatable bonds is 6. The monoisotopic (exact) mass is 643 g/mol. The van der Waals surface area contributed by atoms with Gasteiger partial charge in [-0.2, -0.15) is 13.2 Å². The summed E-state index contributed by atoms with van der Waals surface area (Å²) in [5.41, 5.74) is 7.85. The van der Waals surface area contributed by atoms with E-state index in [2.05, 4.69) is 36.1 Å². The minimum atomic E-state index is -4.59. The van der Waals surface area contributed by atoms with E-state index in [9.17, 15) is 18.0 Å². The molecular weight excluding hydrogens is 615 g/mol. The van der Waals surface area contributed by atoms with Crippen molar-refractivity contribution < 1.29 is 27.4 Å². The molecule has 2 heterocycles. The van der Waals surface area contributed by atoms with Crippen LogP contribution in [-0.4, -0.2) is 54.1 Å². The molecule has 1 saturated heterocycles. The first kappa shape index (κ1) is 29.6. The molecule has 0 unspecified atom stereocenters. The number of alkyl halides is 3. The number of benzene rings is 3. The molecule has 1 aromatic heterocycles. The number of methoxy groups -OCH3 is 1. The fourth-order valence-electron chi connectivity index (χ4n) is 4.97. The van der Waals surface area contributed by atoms with Crippen molar-refractivity contribution >= 4 is 44.4 Å². The van der Waals surface area contributed by atoms with E-state index in [1.807, 2.05) is 20.0 Å². The van der Waals surface area contributed by atoms with Crippen molar-refractivity contribution in [3.8, 4) is 22.6 Å². The third kappa shape index (κ3) is 6.14. The number of likely N-dealkylation sites (tertiary alicyclic amines) is 1. The number of nitrogen functional groups attached to an aromatic ring is 1. The maximum absolute atomic E-state index is 13.6. The maximum atomic E-state index is 13.6. The number of aryl methyl sites for hydroxylation is 1. The molecule has 42 heavy (non-hydrogen) atoms. The minimum absolute atomic E-state index is 0.0448. The number of hydrogen-bond acceptors (Lipinski definition) is 7. The number of fused-ring (bicyclic) bond motifs is 1. The number of halogens is 4. The quantitative estimate of drug-likeness (QED) is 0.241. The molecule has 0 atom stereocenters. The Morgan fingerprint density at radius 1 is 1.12 bits per heavy atom. The molecular formula is C30H29BrF3N5O3. The molecule has 1 aliphatic rings. The third-order valence-electron chi connectivity index (χ3n) is 7.30. The average Bonchev–Trinajstić information content (AvgIpc) is 2.95. The Bertz CT molecular complexity index is 1660. The lowest BCUT2D eigenvalue weighted by molar-refractivity contribution is -0.137. The second kappa shape index (κ2) is 11.8. The molecule has 220 valence electrons. The van der Waals surface area contributed by atoms with Crippen molar-refractivity contribution in [1.82, 2.24) is 14.9 Å². The molecule has 0 radical (unpaired) electrons. The Morgan fingerprint density at radius 3 is 2.55 bits per heavy atom. The molecule has 0 aliphatic carbocycles. The van der Waals surface area contributed by atoms with E-state index < -0.39 is 17.6 Å². The van der Waals surface area contributed by atoms with Gasteiger partial charge in [0.1, 0.15) is 17.6 Å². The van der Waals surface area contributed by atoms with E-state index >= 15 is 0 Å². The highest BCUT2D eigenvalue weighted by molar-refractivity contribution is 9.10. The number of nitrogens with two attached hydrogens (primary N) is 1. The van der Waals surface area contributed by atoms with Crippen molar-refractivity contribution in [2.75, 3.05) is 38.3 Å². The number of carbonyl (C=O) groups is 1. The predicted molar refractivity (Wildman–Crippen MR) is 159 cm³/mol. The summed E-state index contributed by atoms with van der Waals surface area (Å²) in [6.07, 6.45) is -1.70. The normalized spacial score (nSPS) is 14.6. The lowest BCUT2D eigenvalue weighted by atomic mass is 9.96. The van der Waals surface area contributed by atoms with E-state index in [0.29, 0.717) is 32.3 Å². The Labute approximate surface area is 249 Å². The average molecular weight is 644 g/mol. The van der Waals surface area contributed by atoms with Gasteiger partial charge in [0.05, 0.1) is 28.4 Å². The number of aromatic nitrogens is 2. The number of carbonyl (C=O) groups excluding carboxylic acids is 1. The van der Waals surface area contributed by atoms with Crippen molar-refractivity contribution in [3.05, 3.63) is 69.8 Å². The van der Waals surface area contributed by atoms with Crippen LogP contribution in [0.15, 0.2) is 53.1 Å². The fourth-order valence-corrected chi connectivity index (χ4v) is 5.66. The number of piperidine rings is 1. The molecule has 3 N–H and O–H groups in total. The van der Waals surface area contributed by atoms with Gasteiger partial charge in [0.15, 0.2) is 0 Å². The molecule has 1 fully saturated rings. The summed E-state index contributed by atoms with van der Waals surface area (Å²) in [4.78, 5) is 24.0. The summed E-state index contributed by atoms with van der Waals surface area (Å²) in [6.45, 7) is 3.51. The highest BCUT2D eigenvalue weighted by Gasteiger charge is 2.32. The van der Waals surface area contributed by atoms with E-state index in [0.717, 1.165) is 43.6 Å². The molecule has 0 bridgehead atoms. The van der Waals surface area contributed by atoms with Crippen LogP contribution in [0.5, 0.6) is 11.5 Å². The van der Waals surface area contributed by atoms with Crippen LogP contribution in [0.4, 0.5) is 24.8 Å². The lowest BCUT2D eigenvalue weighted by Crippen LogP contribution is -2.35. The van der Waals surface area contributed by atoms with Crippen LogP contribution in [0.2, 0.25) is 0 Å². The molecule has 5 rings (SSSR count). The van der Waals surface area contributed by atoms with Gasteiger partial charge in [0, 0.05) is 35.8 Å². The molecule has 0 spiro atoms. The van der Waals surface area contributed by atoms with Gasteiger partial charge in [-0.25, -0.2) is 9.97 Å². The van der Waals surface area contributed by atoms with Gasteiger partial charge in [-0.15, -0.1) is 0 Å². The van der Waals surface area contributed by atoms with Gasteiger partial charge in [0.25, 0.3) is 5.91 Å². The zero-order valence-electron chi connectivity index (χ0n) is 23.2. The van der Waals surface area contributed by atoms with E-state index in [1.54, 1.807) is 24.4 Å². The van der Waals surface area contributed by atoms with Crippen LogP contribution in [0.1, 0.15) is 34.3 Å². The first-order valence-electron chi connectivity index (χ1n) is 13.2. The number of nitrogens with zero attached hydrogens (tertiary/aromatic N) is 3. The Kier molecular flexibility index (Phi) is 8.29. The zero-order valence-corrected chi connectivity index (χ0v) is 24.8. The SMILES string of the molecule is COc1c(-c2cc(C(=O)Nc3cc(C(F)(F)F)ccc3OC3CCN(C)CC3)ccc2C)cc2cnc(N)nc2c1Br. The first-order valence-corrected chi connectivity index (χ1v) is 14.0. The second-order valence-electron chi connectivity index (χ2n) is 10.3. The maximum Gasteiger partial charge on any atom is 0.416 e. The molecule has 1 amide bonds. The molecule has 8 nitrogen and oxygen atoms in total. The Balaban J connectivity index is 1.51. The van der Waals surface area contributed by atoms with Crippen molar-refractivity contribution in [2.24, 2.45) is 0 Å². The Morgan fingerprint density at radius 2 is 1.86 bits per heavy atom. The first-order chi connectivity index (χ1) is 19.9. The molecule has 3 aromatic carbocycles. The van der Waals surface area contributed by atoms with Crippen LogP contribution in [-0.2, 0) is 6.18 Å². The fraction of sp³-hybridized carbons (Fsp3) is 0.300. The minimum Gasteiger partial charge on any atom is -0.495 e. The third-order valence-corrected chi connectivity index (χ3v) is 8.03. The zero-order chi connectivity index (χ0) is 30.2. The van der Waals surface area contributed by atoms with Crippen LogP contribution in [0.25, 0.3) is 22.0 Å². The van der Waals surface area contributed by atoms with Crippen LogP contribution >= 0.6 is 15.9 Å². The summed E-state index contributed by atoms with van der Waals surface area (Å²) < 4.78 is 53.1. The van der Waals surface area contributed by atoms with Gasteiger partial charge < -0.3 is 25.4 Å². The van der Waals surface area contributed by atoms with Crippen molar-refractivity contribution in [1.29, 1.82) is 0 Å². The number of anilines is 2. The number of amides is 1. The van der Waals surface area contributed by atoms with Gasteiger partial charge >= 0.3 is 6.18 Å². The highest BCUT2D eigenvalue weighted by atomic mass is 79.9. The molecule has 12 heteroatoms. The summed E-state index contributed by atoms with van der Waals surface area (Å²) >= 11 is 3.56. The largest absolute Gasteiger partial charge is 0.495 e. The van der Waals surface area contributed by atoms with Crippen LogP contribution in [0.3, 0.4) is 0 Å². The second-order valence-corrected chi connectivity index (χ2v) is 11.0. The van der Waals surface area contributed by atoms with E-state index in [-0.39, 0.29) is 29.1 Å². The van der Waals surface area contributed by atoms with Gasteiger partial charge in [-0.3, -0.25) is 4.79 Å². The predicted octanol–water partition coefficient (Wildman–Crippen LogP) is 6.70. The van der Waals surface area contributed by atoms with E-state index in [4.69, 9.17) is 15.2 Å². The summed E-state index contributed by atoms with van der Waals surface area (Å²) in [5, 5.41) is 3.36. The number of ether oxygens (including phenoxy) is 2. The van der Waals surface area contributed by atoms with E-state index in [1.165, 1.54) is 13.2 Å². The molecule has 4 aromatic rings. The summed E-state index contributed by atoms with van der Waals surface area (Å²) in [7, 11) is 3.52. The molecule has 0 saturated carbocycles. The lowest BCUT2D eigenvalue weighted by Gasteiger charge is -2.30. The number of nitrogens with one attached hydrogen (secondary N) is 1. The van der Waals surface area contributed by atoms with Crippen molar-refractivity contribution in [2.45, 2.75) is 32.0 Å². The smallest absolute Gasteiger partial charge is 0.416 e. The summed E-state index contributed by atoms with van der Waals surface area (Å²) in [6, 6.07) is 10.0. The van der Waals surface area contributed by atoms with Crippen LogP contribution < -0.4 is 20.5 Å². The highest BCUT2D eigenvalue weighted by Crippen LogP contribution is 2.43. The van der Waals surface area contributed by atoms with Gasteiger partial charge in [-0.1, -0.05) is 6.07 Å². The van der Waals surface area contributed by atoms with Gasteiger partial charge in [0.2, 0.25) is 5.95 Å². The standard InChI is InChI=1S/C30H29BrF3N5O3/c1-16-4-5-17(12-21(16)22-13-18-15-36-29(35)38-26(18)25(31)27(22)41-3)28(40)37-23-14-19(30(32,33)34)6-7-24(23)42-20-8-10-39(2)11-9-20/h4-7,12-15,20H,8-11H2,1-3H3,(H,37,40)(H2,35,36,38). The number of hydrogen-bond donors (Lipinski definition) is 2. The summed E-state index contributed by atoms with van der Waals surface area (Å²) in [5.74, 6) is 0.200. The Hall–Kier alpha value is -3.90. The molecule has 1 aliphatic heterocycles. The topological polar surface area (TPSA) is 103 Å². The van der Waals surface area contributed by atoms with Crippen molar-refractivity contribution in [3.63, 3.8) is 0 Å².